The van der Waals surface area contributed by atoms with Crippen molar-refractivity contribution in [3.05, 3.63) is 71.8 Å². The highest BCUT2D eigenvalue weighted by atomic mass is 28.4. The minimum atomic E-state index is -2.09. The van der Waals surface area contributed by atoms with E-state index < -0.39 is 14.4 Å². The van der Waals surface area contributed by atoms with Crippen LogP contribution < -0.4 is 14.8 Å². The second kappa shape index (κ2) is 13.4. The number of nitrogens with one attached hydrogen (secondary N) is 1. The van der Waals surface area contributed by atoms with E-state index in [1.54, 1.807) is 26.4 Å². The van der Waals surface area contributed by atoms with Gasteiger partial charge in [0.2, 0.25) is 0 Å². The van der Waals surface area contributed by atoms with Crippen LogP contribution in [0.25, 0.3) is 5.57 Å². The number of carbonyl (C=O) groups excluding carboxylic acids is 2. The summed E-state index contributed by atoms with van der Waals surface area (Å²) in [5.74, 6) is 1.12. The maximum atomic E-state index is 14.2. The zero-order valence-electron chi connectivity index (χ0n) is 25.6. The lowest BCUT2D eigenvalue weighted by Gasteiger charge is -2.41. The van der Waals surface area contributed by atoms with Crippen molar-refractivity contribution in [2.75, 3.05) is 39.3 Å². The summed E-state index contributed by atoms with van der Waals surface area (Å²) in [5, 5.41) is 2.76. The minimum absolute atomic E-state index is 0.0262. The number of rotatable bonds is 10. The zero-order valence-corrected chi connectivity index (χ0v) is 26.6. The Morgan fingerprint density at radius 1 is 1.12 bits per heavy atom. The van der Waals surface area contributed by atoms with Gasteiger partial charge in [-0.3, -0.25) is 10.1 Å². The Kier molecular flexibility index (Phi) is 10.4. The number of benzene rings is 2. The second-order valence-electron chi connectivity index (χ2n) is 11.7. The van der Waals surface area contributed by atoms with Crippen LogP contribution in [-0.2, 0) is 9.16 Å². The molecule has 1 heterocycles. The third kappa shape index (κ3) is 7.80. The van der Waals surface area contributed by atoms with Crippen LogP contribution in [0.3, 0.4) is 0 Å². The predicted molar refractivity (Wildman–Crippen MR) is 166 cm³/mol. The van der Waals surface area contributed by atoms with Crippen molar-refractivity contribution in [3.63, 3.8) is 0 Å². The molecule has 1 atom stereocenters. The number of anilines is 1. The second-order valence-corrected chi connectivity index (χ2v) is 16.5. The van der Waals surface area contributed by atoms with Crippen molar-refractivity contribution < 1.29 is 28.2 Å². The molecule has 3 rings (SSSR count). The van der Waals surface area contributed by atoms with Crippen LogP contribution in [0, 0.1) is 6.92 Å². The fourth-order valence-corrected chi connectivity index (χ4v) is 5.43. The Bertz CT molecular complexity index is 1280. The van der Waals surface area contributed by atoms with Crippen LogP contribution in [0.4, 0.5) is 10.5 Å². The highest BCUT2D eigenvalue weighted by Crippen LogP contribution is 2.38. The monoisotopic (exact) mass is 580 g/mol. The molecule has 2 aromatic carbocycles. The summed E-state index contributed by atoms with van der Waals surface area (Å²) in [6.07, 6.45) is 3.53. The number of methoxy groups -OCH3 is 2. The lowest BCUT2D eigenvalue weighted by molar-refractivity contribution is 0.0627. The van der Waals surface area contributed by atoms with Gasteiger partial charge in [0, 0.05) is 6.54 Å². The van der Waals surface area contributed by atoms with Crippen molar-refractivity contribution >= 4 is 31.6 Å². The lowest BCUT2D eigenvalue weighted by atomic mass is 9.93. The van der Waals surface area contributed by atoms with Crippen molar-refractivity contribution in [1.82, 2.24) is 4.90 Å². The summed E-state index contributed by atoms with van der Waals surface area (Å²) >= 11 is 0. The molecule has 0 spiro atoms. The molecule has 9 heteroatoms. The third-order valence-electron chi connectivity index (χ3n) is 7.93. The third-order valence-corrected chi connectivity index (χ3v) is 12.4. The van der Waals surface area contributed by atoms with Crippen LogP contribution >= 0.6 is 0 Å². The van der Waals surface area contributed by atoms with Gasteiger partial charge in [0.05, 0.1) is 38.1 Å². The Labute approximate surface area is 245 Å². The number of hydrogen-bond acceptors (Lipinski definition) is 6. The Morgan fingerprint density at radius 2 is 1.80 bits per heavy atom. The molecular weight excluding hydrogens is 536 g/mol. The summed E-state index contributed by atoms with van der Waals surface area (Å²) in [5.41, 5.74) is 3.69. The first-order valence-electron chi connectivity index (χ1n) is 13.8. The average Bonchev–Trinajstić information content (AvgIpc) is 2.94. The van der Waals surface area contributed by atoms with Gasteiger partial charge >= 0.3 is 6.09 Å². The number of hydrogen-bond donors (Lipinski definition) is 1. The maximum Gasteiger partial charge on any atom is 0.411 e. The van der Waals surface area contributed by atoms with E-state index in [1.165, 1.54) is 6.08 Å². The van der Waals surface area contributed by atoms with E-state index in [9.17, 15) is 9.59 Å². The van der Waals surface area contributed by atoms with Crippen molar-refractivity contribution in [1.29, 1.82) is 0 Å². The number of ether oxygens (including phenoxy) is 3. The van der Waals surface area contributed by atoms with Gasteiger partial charge in [0.15, 0.2) is 8.32 Å². The van der Waals surface area contributed by atoms with Gasteiger partial charge in [-0.05, 0) is 72.4 Å². The highest BCUT2D eigenvalue weighted by Gasteiger charge is 2.39. The average molecular weight is 581 g/mol. The molecule has 0 radical (unpaired) electrons. The summed E-state index contributed by atoms with van der Waals surface area (Å²) in [4.78, 5) is 28.5. The van der Waals surface area contributed by atoms with Crippen molar-refractivity contribution in [3.8, 4) is 11.5 Å². The van der Waals surface area contributed by atoms with E-state index in [0.717, 1.165) is 22.4 Å². The molecule has 0 bridgehead atoms. The van der Waals surface area contributed by atoms with Crippen LogP contribution in [0.2, 0.25) is 18.1 Å². The molecule has 1 aliphatic heterocycles. The fraction of sp³-hybridized carbons (Fsp3) is 0.438. The smallest absolute Gasteiger partial charge is 0.411 e. The first-order valence-corrected chi connectivity index (χ1v) is 16.7. The van der Waals surface area contributed by atoms with Crippen molar-refractivity contribution in [2.45, 2.75) is 58.3 Å². The highest BCUT2D eigenvalue weighted by molar-refractivity contribution is 6.74. The van der Waals surface area contributed by atoms with Gasteiger partial charge < -0.3 is 23.5 Å². The van der Waals surface area contributed by atoms with Gasteiger partial charge in [-0.1, -0.05) is 51.6 Å². The standard InChI is InChI=1S/C32H44N2O6Si/c1-10-17-39-31(36)33-28-18-22(2)29(38-7)20-27(28)30(35)34-16-15-24(23-11-13-26(37-6)14-12-23)19-25(34)21-40-41(8,9)32(3,4)5/h10-15,18,20,25H,1,16-17,19,21H2,2-9H3,(H,33,36)/t25-/m0/s1. The predicted octanol–water partition coefficient (Wildman–Crippen LogP) is 7.07. The quantitative estimate of drug-likeness (QED) is 0.239. The SMILES string of the molecule is C=CCOC(=O)Nc1cc(C)c(OC)cc1C(=O)N1CC=C(c2ccc(OC)cc2)C[C@H]1CO[Si](C)(C)C(C)(C)C. The number of aryl methyl sites for hydroxylation is 1. The van der Waals surface area contributed by atoms with E-state index in [-0.39, 0.29) is 23.6 Å². The van der Waals surface area contributed by atoms with E-state index >= 15 is 0 Å². The number of nitrogens with zero attached hydrogens (tertiary/aromatic N) is 1. The van der Waals surface area contributed by atoms with Crippen LogP contribution in [0.1, 0.15) is 48.7 Å². The first-order chi connectivity index (χ1) is 19.3. The molecule has 1 N–H and O–H groups in total. The van der Waals surface area contributed by atoms with Crippen molar-refractivity contribution in [2.24, 2.45) is 0 Å². The van der Waals surface area contributed by atoms with Crippen LogP contribution in [0.15, 0.2) is 55.1 Å². The molecule has 41 heavy (non-hydrogen) atoms. The molecular formula is C32H44N2O6Si. The molecule has 8 nitrogen and oxygen atoms in total. The zero-order chi connectivity index (χ0) is 30.4. The minimum Gasteiger partial charge on any atom is -0.497 e. The fourth-order valence-electron chi connectivity index (χ4n) is 4.39. The number of carbonyl (C=O) groups is 2. The molecule has 0 aliphatic carbocycles. The molecule has 2 amide bonds. The summed E-state index contributed by atoms with van der Waals surface area (Å²) in [7, 11) is 1.12. The topological polar surface area (TPSA) is 86.3 Å². The largest absolute Gasteiger partial charge is 0.497 e. The van der Waals surface area contributed by atoms with Gasteiger partial charge in [-0.15, -0.1) is 0 Å². The van der Waals surface area contributed by atoms with Gasteiger partial charge in [0.25, 0.3) is 5.91 Å². The number of amides is 2. The maximum absolute atomic E-state index is 14.2. The molecule has 0 unspecified atom stereocenters. The molecule has 0 saturated heterocycles. The van der Waals surface area contributed by atoms with E-state index in [4.69, 9.17) is 18.6 Å². The van der Waals surface area contributed by atoms with Gasteiger partial charge in [-0.2, -0.15) is 0 Å². The van der Waals surface area contributed by atoms with Gasteiger partial charge in [-0.25, -0.2) is 4.79 Å². The molecule has 0 fully saturated rings. The Morgan fingerprint density at radius 3 is 2.39 bits per heavy atom. The lowest BCUT2D eigenvalue weighted by Crippen LogP contribution is -2.49. The normalized spacial score (nSPS) is 15.6. The molecule has 2 aromatic rings. The molecule has 1 aliphatic rings. The molecule has 0 saturated carbocycles. The summed E-state index contributed by atoms with van der Waals surface area (Å²) in [6.45, 7) is 17.3. The first kappa shape index (κ1) is 32.0. The van der Waals surface area contributed by atoms with Crippen LogP contribution in [-0.4, -0.2) is 65.2 Å². The van der Waals surface area contributed by atoms with Gasteiger partial charge in [0.1, 0.15) is 18.1 Å². The summed E-state index contributed by atoms with van der Waals surface area (Å²) in [6, 6.07) is 11.1. The molecule has 0 aromatic heterocycles. The Hall–Kier alpha value is -3.56. The van der Waals surface area contributed by atoms with Crippen LogP contribution in [0.5, 0.6) is 11.5 Å². The molecule has 222 valence electrons. The van der Waals surface area contributed by atoms with E-state index in [1.807, 2.05) is 36.1 Å². The van der Waals surface area contributed by atoms with E-state index in [2.05, 4.69) is 51.8 Å². The summed E-state index contributed by atoms with van der Waals surface area (Å²) < 4.78 is 22.6. The van der Waals surface area contributed by atoms with E-state index in [0.29, 0.717) is 36.6 Å². The Balaban J connectivity index is 2.00.